The summed E-state index contributed by atoms with van der Waals surface area (Å²) < 4.78 is 10.6. The van der Waals surface area contributed by atoms with Gasteiger partial charge in [0.15, 0.2) is 5.16 Å². The van der Waals surface area contributed by atoms with Crippen LogP contribution in [0.1, 0.15) is 5.56 Å². The first-order chi connectivity index (χ1) is 10.3. The maximum Gasteiger partial charge on any atom is 0.166 e. The molecular formula is C16H16N2O2S. The lowest BCUT2D eigenvalue weighted by molar-refractivity contribution is 0.411. The Balaban J connectivity index is 1.79. The number of fused-ring (bicyclic) bond motifs is 1. The number of aromatic amines is 1. The van der Waals surface area contributed by atoms with Crippen LogP contribution in [-0.2, 0) is 5.75 Å². The number of aromatic nitrogens is 2. The Hall–Kier alpha value is -2.14. The Bertz CT molecular complexity index is 755. The molecule has 0 aliphatic heterocycles. The van der Waals surface area contributed by atoms with Crippen LogP contribution in [0.15, 0.2) is 47.6 Å². The number of benzene rings is 2. The van der Waals surface area contributed by atoms with Gasteiger partial charge in [0.1, 0.15) is 11.5 Å². The zero-order valence-electron chi connectivity index (χ0n) is 11.9. The highest BCUT2D eigenvalue weighted by Gasteiger charge is 2.07. The van der Waals surface area contributed by atoms with E-state index in [1.165, 1.54) is 0 Å². The second-order valence-corrected chi connectivity index (χ2v) is 5.49. The molecule has 3 rings (SSSR count). The molecule has 3 aromatic rings. The molecule has 2 aromatic carbocycles. The molecule has 0 spiro atoms. The Labute approximate surface area is 127 Å². The summed E-state index contributed by atoms with van der Waals surface area (Å²) in [6.45, 7) is 0. The lowest BCUT2D eigenvalue weighted by Crippen LogP contribution is -1.89. The lowest BCUT2D eigenvalue weighted by atomic mass is 10.2. The number of H-pyrrole nitrogens is 1. The lowest BCUT2D eigenvalue weighted by Gasteiger charge is -2.06. The molecule has 1 heterocycles. The largest absolute Gasteiger partial charge is 0.497 e. The molecule has 0 saturated carbocycles. The summed E-state index contributed by atoms with van der Waals surface area (Å²) in [6, 6.07) is 13.9. The highest BCUT2D eigenvalue weighted by atomic mass is 32.2. The molecule has 0 radical (unpaired) electrons. The van der Waals surface area contributed by atoms with Gasteiger partial charge in [0.25, 0.3) is 0 Å². The molecule has 0 atom stereocenters. The van der Waals surface area contributed by atoms with Crippen LogP contribution in [0.2, 0.25) is 0 Å². The van der Waals surface area contributed by atoms with Crippen LogP contribution in [0.5, 0.6) is 11.5 Å². The van der Waals surface area contributed by atoms with Crippen molar-refractivity contribution in [3.8, 4) is 11.5 Å². The average Bonchev–Trinajstić information content (AvgIpc) is 2.94. The topological polar surface area (TPSA) is 47.1 Å². The van der Waals surface area contributed by atoms with Gasteiger partial charge < -0.3 is 14.5 Å². The van der Waals surface area contributed by atoms with Gasteiger partial charge in [-0.15, -0.1) is 0 Å². The molecule has 0 unspecified atom stereocenters. The third kappa shape index (κ3) is 2.97. The van der Waals surface area contributed by atoms with E-state index in [-0.39, 0.29) is 0 Å². The van der Waals surface area contributed by atoms with Gasteiger partial charge in [-0.1, -0.05) is 30.0 Å². The zero-order valence-corrected chi connectivity index (χ0v) is 12.7. The molecule has 0 amide bonds. The number of hydrogen-bond acceptors (Lipinski definition) is 4. The zero-order chi connectivity index (χ0) is 14.7. The van der Waals surface area contributed by atoms with Crippen molar-refractivity contribution in [2.75, 3.05) is 14.2 Å². The maximum absolute atomic E-state index is 5.36. The van der Waals surface area contributed by atoms with E-state index in [0.717, 1.165) is 39.0 Å². The van der Waals surface area contributed by atoms with Gasteiger partial charge in [-0.25, -0.2) is 4.98 Å². The van der Waals surface area contributed by atoms with Gasteiger partial charge in [0, 0.05) is 17.4 Å². The van der Waals surface area contributed by atoms with Crippen molar-refractivity contribution in [3.63, 3.8) is 0 Å². The highest BCUT2D eigenvalue weighted by Crippen LogP contribution is 2.28. The van der Waals surface area contributed by atoms with Crippen LogP contribution in [0.3, 0.4) is 0 Å². The van der Waals surface area contributed by atoms with E-state index in [1.807, 2.05) is 36.4 Å². The SMILES string of the molecule is COc1ccc2nc(SCc3ccccc3OC)[nH]c2c1. The van der Waals surface area contributed by atoms with Gasteiger partial charge >= 0.3 is 0 Å². The predicted octanol–water partition coefficient (Wildman–Crippen LogP) is 3.87. The average molecular weight is 300 g/mol. The summed E-state index contributed by atoms with van der Waals surface area (Å²) in [5.74, 6) is 2.54. The normalized spacial score (nSPS) is 10.8. The number of hydrogen-bond donors (Lipinski definition) is 1. The quantitative estimate of drug-likeness (QED) is 0.727. The van der Waals surface area contributed by atoms with Gasteiger partial charge in [0.2, 0.25) is 0 Å². The molecule has 21 heavy (non-hydrogen) atoms. The Morgan fingerprint density at radius 1 is 1.10 bits per heavy atom. The Morgan fingerprint density at radius 2 is 1.95 bits per heavy atom. The number of nitrogens with zero attached hydrogens (tertiary/aromatic N) is 1. The summed E-state index contributed by atoms with van der Waals surface area (Å²) in [6.07, 6.45) is 0. The molecule has 0 bridgehead atoms. The predicted molar refractivity (Wildman–Crippen MR) is 85.2 cm³/mol. The fourth-order valence-electron chi connectivity index (χ4n) is 2.13. The minimum absolute atomic E-state index is 0.807. The van der Waals surface area contributed by atoms with E-state index >= 15 is 0 Å². The molecule has 0 saturated heterocycles. The number of imidazole rings is 1. The smallest absolute Gasteiger partial charge is 0.166 e. The van der Waals surface area contributed by atoms with E-state index in [0.29, 0.717) is 0 Å². The van der Waals surface area contributed by atoms with Crippen molar-refractivity contribution < 1.29 is 9.47 Å². The minimum Gasteiger partial charge on any atom is -0.497 e. The molecular weight excluding hydrogens is 284 g/mol. The number of nitrogens with one attached hydrogen (secondary N) is 1. The van der Waals surface area contributed by atoms with Crippen molar-refractivity contribution in [2.24, 2.45) is 0 Å². The van der Waals surface area contributed by atoms with Gasteiger partial charge in [-0.3, -0.25) is 0 Å². The Kier molecular flexibility index (Phi) is 4.01. The van der Waals surface area contributed by atoms with Gasteiger partial charge in [-0.05, 0) is 18.2 Å². The summed E-state index contributed by atoms with van der Waals surface area (Å²) in [7, 11) is 3.35. The highest BCUT2D eigenvalue weighted by molar-refractivity contribution is 7.98. The molecule has 0 aliphatic carbocycles. The summed E-state index contributed by atoms with van der Waals surface area (Å²) in [4.78, 5) is 7.88. The number of para-hydroxylation sites is 1. The molecule has 0 fully saturated rings. The number of methoxy groups -OCH3 is 2. The van der Waals surface area contributed by atoms with Gasteiger partial charge in [-0.2, -0.15) is 0 Å². The first-order valence-corrected chi connectivity index (χ1v) is 7.57. The molecule has 5 heteroatoms. The Morgan fingerprint density at radius 3 is 2.76 bits per heavy atom. The van der Waals surface area contributed by atoms with Crippen LogP contribution < -0.4 is 9.47 Å². The summed E-state index contributed by atoms with van der Waals surface area (Å²) in [5.41, 5.74) is 3.08. The molecule has 1 aromatic heterocycles. The van der Waals surface area contributed by atoms with Crippen LogP contribution in [-0.4, -0.2) is 24.2 Å². The third-order valence-corrected chi connectivity index (χ3v) is 4.15. The molecule has 1 N–H and O–H groups in total. The number of ether oxygens (including phenoxy) is 2. The van der Waals surface area contributed by atoms with Crippen LogP contribution in [0.25, 0.3) is 11.0 Å². The fourth-order valence-corrected chi connectivity index (χ4v) is 3.00. The maximum atomic E-state index is 5.36. The van der Waals surface area contributed by atoms with E-state index in [2.05, 4.69) is 16.0 Å². The van der Waals surface area contributed by atoms with Crippen LogP contribution in [0.4, 0.5) is 0 Å². The van der Waals surface area contributed by atoms with Crippen molar-refractivity contribution >= 4 is 22.8 Å². The van der Waals surface area contributed by atoms with Crippen molar-refractivity contribution in [1.82, 2.24) is 9.97 Å². The summed E-state index contributed by atoms with van der Waals surface area (Å²) >= 11 is 1.65. The van der Waals surface area contributed by atoms with Crippen LogP contribution >= 0.6 is 11.8 Å². The number of rotatable bonds is 5. The van der Waals surface area contributed by atoms with Gasteiger partial charge in [0.05, 0.1) is 25.3 Å². The third-order valence-electron chi connectivity index (χ3n) is 3.22. The van der Waals surface area contributed by atoms with Crippen molar-refractivity contribution in [2.45, 2.75) is 10.9 Å². The number of thioether (sulfide) groups is 1. The second-order valence-electron chi connectivity index (χ2n) is 4.53. The second kappa shape index (κ2) is 6.10. The first-order valence-electron chi connectivity index (χ1n) is 6.58. The van der Waals surface area contributed by atoms with E-state index < -0.39 is 0 Å². The standard InChI is InChI=1S/C16H16N2O2S/c1-19-12-7-8-13-14(9-12)18-16(17-13)21-10-11-5-3-4-6-15(11)20-2/h3-9H,10H2,1-2H3,(H,17,18). The molecule has 108 valence electrons. The molecule has 4 nitrogen and oxygen atoms in total. The fraction of sp³-hybridized carbons (Fsp3) is 0.188. The first kappa shape index (κ1) is 13.8. The van der Waals surface area contributed by atoms with Crippen LogP contribution in [0, 0.1) is 0 Å². The van der Waals surface area contributed by atoms with E-state index in [9.17, 15) is 0 Å². The van der Waals surface area contributed by atoms with E-state index in [4.69, 9.17) is 9.47 Å². The monoisotopic (exact) mass is 300 g/mol. The van der Waals surface area contributed by atoms with Crippen molar-refractivity contribution in [3.05, 3.63) is 48.0 Å². The van der Waals surface area contributed by atoms with E-state index in [1.54, 1.807) is 26.0 Å². The van der Waals surface area contributed by atoms with Crippen molar-refractivity contribution in [1.29, 1.82) is 0 Å². The molecule has 0 aliphatic rings. The summed E-state index contributed by atoms with van der Waals surface area (Å²) in [5, 5.41) is 0.893. The minimum atomic E-state index is 0.807.